The van der Waals surface area contributed by atoms with Gasteiger partial charge in [-0.05, 0) is 0 Å². The van der Waals surface area contributed by atoms with Crippen LogP contribution in [0.1, 0.15) is 22.5 Å². The predicted octanol–water partition coefficient (Wildman–Crippen LogP) is 2.97. The average Bonchev–Trinajstić information content (AvgIpc) is 3.16. The first-order valence-corrected chi connectivity index (χ1v) is 7.17. The summed E-state index contributed by atoms with van der Waals surface area (Å²) in [6.07, 6.45) is 1.27. The van der Waals surface area contributed by atoms with E-state index in [1.54, 1.807) is 0 Å². The molecule has 0 unspecified atom stereocenters. The number of benzene rings is 1. The first-order valence-electron chi connectivity index (χ1n) is 6.53. The number of carbonyl (C=O) groups is 1. The summed E-state index contributed by atoms with van der Waals surface area (Å²) in [7, 11) is 0. The van der Waals surface area contributed by atoms with E-state index < -0.39 is 0 Å². The minimum absolute atomic E-state index is 0.183. The molecular weight excluding hydrogens is 392 g/mol. The van der Waals surface area contributed by atoms with Gasteiger partial charge in [-0.15, -0.1) is 0 Å². The summed E-state index contributed by atoms with van der Waals surface area (Å²) >= 11 is 2.88. The molecule has 134 valence electrons. The van der Waals surface area contributed by atoms with Gasteiger partial charge in [-0.3, -0.25) is 0 Å². The molecule has 0 bridgehead atoms. The van der Waals surface area contributed by atoms with E-state index in [4.69, 9.17) is 27.7 Å². The van der Waals surface area contributed by atoms with Crippen molar-refractivity contribution in [2.24, 2.45) is 0 Å². The van der Waals surface area contributed by atoms with Crippen LogP contribution in [0, 0.1) is 37.5 Å². The van der Waals surface area contributed by atoms with Gasteiger partial charge < -0.3 is 0 Å². The van der Waals surface area contributed by atoms with Crippen molar-refractivity contribution in [1.82, 2.24) is 0 Å². The average molecular weight is 402 g/mol. The molecule has 1 aliphatic carbocycles. The fourth-order valence-electron chi connectivity index (χ4n) is 2.22. The molecule has 0 atom stereocenters. The number of hydrogen-bond donors (Lipinski definition) is 0. The van der Waals surface area contributed by atoms with Gasteiger partial charge in [0, 0.05) is 0 Å². The van der Waals surface area contributed by atoms with Gasteiger partial charge in [0.2, 0.25) is 0 Å². The molecule has 1 heterocycles. The number of aryl methyl sites for hydroxylation is 1. The number of rotatable bonds is 1. The van der Waals surface area contributed by atoms with Gasteiger partial charge >= 0.3 is 163 Å². The summed E-state index contributed by atoms with van der Waals surface area (Å²) in [5.41, 5.74) is 2.80. The van der Waals surface area contributed by atoms with E-state index in [9.17, 15) is 4.79 Å². The Labute approximate surface area is 163 Å². The van der Waals surface area contributed by atoms with Gasteiger partial charge in [0.1, 0.15) is 0 Å². The van der Waals surface area contributed by atoms with Gasteiger partial charge in [0.15, 0.2) is 0 Å². The molecule has 0 amide bonds. The van der Waals surface area contributed by atoms with Crippen molar-refractivity contribution in [3.63, 3.8) is 0 Å². The van der Waals surface area contributed by atoms with E-state index in [-0.39, 0.29) is 5.78 Å². The third-order valence-corrected chi connectivity index (χ3v) is 3.29. The van der Waals surface area contributed by atoms with E-state index in [0.717, 1.165) is 26.7 Å². The molecule has 0 spiro atoms. The molecule has 27 heavy (non-hydrogen) atoms. The molecule has 1 aromatic heterocycles. The molecule has 0 radical (unpaired) electrons. The van der Waals surface area contributed by atoms with Crippen LogP contribution in [0.3, 0.4) is 0 Å². The van der Waals surface area contributed by atoms with E-state index in [1.807, 2.05) is 36.4 Å². The molecule has 7 nitrogen and oxygen atoms in total. The zero-order valence-corrected chi connectivity index (χ0v) is 14.9. The molecule has 0 saturated carbocycles. The fraction of sp³-hybridized carbons (Fsp3) is 0.105. The minimum atomic E-state index is 0.183. The third-order valence-electron chi connectivity index (χ3n) is 2.98. The van der Waals surface area contributed by atoms with E-state index >= 15 is 0 Å². The van der Waals surface area contributed by atoms with Crippen LogP contribution in [0.25, 0.3) is 11.1 Å². The second kappa shape index (κ2) is 19.6. The van der Waals surface area contributed by atoms with Crippen LogP contribution in [0.5, 0.6) is 0 Å². The number of fused-ring (bicyclic) bond motifs is 1. The Morgan fingerprint density at radius 3 is 1.78 bits per heavy atom. The molecule has 1 aliphatic rings. The third kappa shape index (κ3) is 8.97. The van der Waals surface area contributed by atoms with Crippen LogP contribution in [-0.2, 0) is 45.5 Å². The second-order valence-electron chi connectivity index (χ2n) is 4.07. The monoisotopic (exact) mass is 402 g/mol. The number of Topliss-reactive ketones (excluding diaryl/α,β-unsaturated/α-hetero) is 1. The van der Waals surface area contributed by atoms with Crippen molar-refractivity contribution in [2.75, 3.05) is 0 Å². The first-order chi connectivity index (χ1) is 13.3. The van der Waals surface area contributed by atoms with Crippen LogP contribution in [0.15, 0.2) is 40.8 Å². The molecule has 0 fully saturated rings. The Kier molecular flexibility index (Phi) is 21.1. The van der Waals surface area contributed by atoms with E-state index in [2.05, 4.69) is 49.1 Å². The number of ketones is 1. The Morgan fingerprint density at radius 2 is 1.30 bits per heavy atom. The molecule has 1 aromatic carbocycles. The van der Waals surface area contributed by atoms with Crippen molar-refractivity contribution >= 4 is 5.78 Å². The number of carbonyl (C=O) groups excluding carboxylic acids is 1. The van der Waals surface area contributed by atoms with Crippen LogP contribution < -0.4 is 0 Å². The van der Waals surface area contributed by atoms with Gasteiger partial charge in [0.05, 0.1) is 0 Å². The van der Waals surface area contributed by atoms with E-state index in [0.29, 0.717) is 12.8 Å². The maximum atomic E-state index is 11.9. The summed E-state index contributed by atoms with van der Waals surface area (Å²) in [6, 6.07) is 11.9. The topological polar surface area (TPSA) is 130 Å². The van der Waals surface area contributed by atoms with Crippen LogP contribution >= 0.6 is 0 Å². The van der Waals surface area contributed by atoms with Crippen molar-refractivity contribution in [1.29, 1.82) is 0 Å². The molecule has 0 saturated heterocycles. The van der Waals surface area contributed by atoms with Crippen molar-refractivity contribution in [3.05, 3.63) is 85.2 Å². The van der Waals surface area contributed by atoms with Gasteiger partial charge in [-0.1, -0.05) is 0 Å². The van der Waals surface area contributed by atoms with Crippen molar-refractivity contribution in [2.45, 2.75) is 12.8 Å². The normalized spacial score (nSPS) is 9.04. The molecule has 0 N–H and O–H groups in total. The summed E-state index contributed by atoms with van der Waals surface area (Å²) in [5, 5.41) is 0. The second-order valence-corrected chi connectivity index (χ2v) is 4.69. The summed E-state index contributed by atoms with van der Waals surface area (Å²) in [4.78, 5) is 11.9. The molecular formula is C19H10CrO7. The van der Waals surface area contributed by atoms with Crippen LogP contribution in [-0.4, -0.2) is 5.78 Å². The zero-order chi connectivity index (χ0) is 21.8. The SMILES string of the molecule is O=C1CCc2o[c](=[Cr])cc(-c3ccccc3)c21.[C-]#[O+].[C-]#[O+].[C-]#[O+].[C-]#[O+].[C-]#[O+]. The van der Waals surface area contributed by atoms with Gasteiger partial charge in [-0.2, -0.15) is 0 Å². The zero-order valence-electron chi connectivity index (χ0n) is 13.6. The Bertz CT molecular complexity index is 821. The van der Waals surface area contributed by atoms with E-state index in [1.165, 1.54) is 0 Å². The van der Waals surface area contributed by atoms with Crippen LogP contribution in [0.4, 0.5) is 0 Å². The summed E-state index contributed by atoms with van der Waals surface area (Å²) in [6.45, 7) is 22.5. The summed E-state index contributed by atoms with van der Waals surface area (Å²) < 4.78 is 43.8. The summed E-state index contributed by atoms with van der Waals surface area (Å²) in [5.74, 6) is 0.993. The first kappa shape index (κ1) is 29.1. The van der Waals surface area contributed by atoms with Crippen molar-refractivity contribution in [3.8, 4) is 11.1 Å². The molecule has 8 heteroatoms. The Hall–Kier alpha value is -2.73. The molecule has 2 aromatic rings. The number of hydrogen-bond acceptors (Lipinski definition) is 2. The van der Waals surface area contributed by atoms with Crippen molar-refractivity contribution < 1.29 is 48.3 Å². The maximum absolute atomic E-state index is 11.9. The Morgan fingerprint density at radius 1 is 0.815 bits per heavy atom. The van der Waals surface area contributed by atoms with Crippen LogP contribution in [0.2, 0.25) is 0 Å². The fourth-order valence-corrected chi connectivity index (χ4v) is 2.56. The predicted molar refractivity (Wildman–Crippen MR) is 79.7 cm³/mol. The molecule has 0 aliphatic heterocycles. The standard InChI is InChI=1S/C14H10O2.5CO.Cr/c15-12-6-7-13-14(12)11(8-9-16-13)10-4-2-1-3-5-10;5*1-2;/h1-5,8H,6-7H2;;;;;;. The van der Waals surface area contributed by atoms with Gasteiger partial charge in [-0.25, -0.2) is 0 Å². The quantitative estimate of drug-likeness (QED) is 0.536. The Balaban J connectivity index is -0.000000504. The molecule has 3 rings (SSSR count). The van der Waals surface area contributed by atoms with Gasteiger partial charge in [0.25, 0.3) is 0 Å².